The van der Waals surface area contributed by atoms with Crippen LogP contribution >= 0.6 is 0 Å². The van der Waals surface area contributed by atoms with E-state index in [1.807, 2.05) is 0 Å². The fraction of sp³-hybridized carbons (Fsp3) is 0.833. The van der Waals surface area contributed by atoms with Crippen LogP contribution in [0.25, 0.3) is 0 Å². The van der Waals surface area contributed by atoms with Crippen molar-refractivity contribution in [3.05, 3.63) is 23.2 Å². The molecule has 1 saturated carbocycles. The molecule has 0 bridgehead atoms. The molecule has 2 fully saturated rings. The third kappa shape index (κ3) is 7.27. The molecule has 0 aromatic rings. The number of methoxy groups -OCH3 is 1. The third-order valence-corrected chi connectivity index (χ3v) is 6.66. The highest BCUT2D eigenvalue weighted by molar-refractivity contribution is 5.24. The average Bonchev–Trinajstić information content (AvgIpc) is 2.77. The molecule has 1 aliphatic heterocycles. The summed E-state index contributed by atoms with van der Waals surface area (Å²) in [5.74, 6) is -0.134. The van der Waals surface area contributed by atoms with Crippen molar-refractivity contribution < 1.29 is 23.0 Å². The highest BCUT2D eigenvalue weighted by Crippen LogP contribution is 2.37. The molecule has 5 heteroatoms. The topological polar surface area (TPSA) is 27.7 Å². The van der Waals surface area contributed by atoms with Crippen LogP contribution < -0.4 is 0 Å². The van der Waals surface area contributed by atoms with E-state index >= 15 is 0 Å². The van der Waals surface area contributed by atoms with E-state index in [1.54, 1.807) is 6.92 Å². The molecule has 1 saturated heterocycles. The first-order chi connectivity index (χ1) is 14.0. The third-order valence-electron chi connectivity index (χ3n) is 6.66. The molecular formula is C24H40F2O3. The summed E-state index contributed by atoms with van der Waals surface area (Å²) in [6.07, 6.45) is 12.0. The number of unbranched alkanes of at least 4 members (excludes halogenated alkanes) is 1. The van der Waals surface area contributed by atoms with Gasteiger partial charge in [0.15, 0.2) is 11.7 Å². The van der Waals surface area contributed by atoms with Crippen molar-refractivity contribution >= 4 is 0 Å². The summed E-state index contributed by atoms with van der Waals surface area (Å²) >= 11 is 0. The Kier molecular flexibility index (Phi) is 10.5. The van der Waals surface area contributed by atoms with Gasteiger partial charge < -0.3 is 14.2 Å². The average molecular weight is 415 g/mol. The highest BCUT2D eigenvalue weighted by Gasteiger charge is 2.32. The molecule has 3 nitrogen and oxygen atoms in total. The normalized spacial score (nSPS) is 29.7. The second-order valence-corrected chi connectivity index (χ2v) is 8.71. The molecule has 2 aliphatic rings. The van der Waals surface area contributed by atoms with E-state index in [1.165, 1.54) is 59.0 Å². The second-order valence-electron chi connectivity index (χ2n) is 8.71. The Hall–Kier alpha value is -1.10. The molecule has 0 radical (unpaired) electrons. The number of halogens is 2. The molecule has 0 amide bonds. The molecule has 1 aliphatic carbocycles. The highest BCUT2D eigenvalue weighted by atomic mass is 19.2. The van der Waals surface area contributed by atoms with Gasteiger partial charge in [-0.3, -0.25) is 0 Å². The fourth-order valence-electron chi connectivity index (χ4n) is 4.58. The molecular weight excluding hydrogens is 374 g/mol. The summed E-state index contributed by atoms with van der Waals surface area (Å²) in [6, 6.07) is 0. The summed E-state index contributed by atoms with van der Waals surface area (Å²) in [5, 5.41) is 0. The van der Waals surface area contributed by atoms with E-state index in [4.69, 9.17) is 14.2 Å². The van der Waals surface area contributed by atoms with Gasteiger partial charge in [-0.15, -0.1) is 0 Å². The van der Waals surface area contributed by atoms with E-state index in [9.17, 15) is 8.78 Å². The van der Waals surface area contributed by atoms with E-state index in [2.05, 4.69) is 6.92 Å². The van der Waals surface area contributed by atoms with Crippen molar-refractivity contribution in [2.24, 2.45) is 17.8 Å². The van der Waals surface area contributed by atoms with Crippen LogP contribution in [-0.4, -0.2) is 26.4 Å². The van der Waals surface area contributed by atoms with Crippen LogP contribution in [-0.2, 0) is 14.2 Å². The second kappa shape index (κ2) is 12.6. The SMILES string of the molecule is CCCCC1CCC(C2CCC(CO/C(CC)=C(F)/C(F)=C(\C)OC)CO2)CC1. The summed E-state index contributed by atoms with van der Waals surface area (Å²) in [4.78, 5) is 0. The van der Waals surface area contributed by atoms with E-state index in [0.717, 1.165) is 18.8 Å². The van der Waals surface area contributed by atoms with Crippen LogP contribution in [0, 0.1) is 17.8 Å². The van der Waals surface area contributed by atoms with E-state index in [-0.39, 0.29) is 17.4 Å². The maximum Gasteiger partial charge on any atom is 0.199 e. The number of rotatable bonds is 10. The molecule has 0 spiro atoms. The van der Waals surface area contributed by atoms with Crippen LogP contribution in [0.2, 0.25) is 0 Å². The number of ether oxygens (including phenoxy) is 3. The molecule has 0 aromatic carbocycles. The Morgan fingerprint density at radius 1 is 0.966 bits per heavy atom. The first kappa shape index (κ1) is 24.2. The molecule has 0 aromatic heterocycles. The Morgan fingerprint density at radius 3 is 2.21 bits per heavy atom. The lowest BCUT2D eigenvalue weighted by Crippen LogP contribution is -2.35. The van der Waals surface area contributed by atoms with Crippen molar-refractivity contribution in [1.29, 1.82) is 0 Å². The Balaban J connectivity index is 1.76. The molecule has 2 unspecified atom stereocenters. The van der Waals surface area contributed by atoms with Gasteiger partial charge in [-0.1, -0.05) is 46.0 Å². The van der Waals surface area contributed by atoms with Crippen LogP contribution in [0.15, 0.2) is 23.2 Å². The molecule has 29 heavy (non-hydrogen) atoms. The lowest BCUT2D eigenvalue weighted by molar-refractivity contribution is -0.0703. The van der Waals surface area contributed by atoms with Crippen molar-refractivity contribution in [3.8, 4) is 0 Å². The maximum atomic E-state index is 14.3. The minimum atomic E-state index is -0.987. The fourth-order valence-corrected chi connectivity index (χ4v) is 4.58. The van der Waals surface area contributed by atoms with E-state index < -0.39 is 11.7 Å². The zero-order chi connectivity index (χ0) is 21.2. The Bertz CT molecular complexity index is 542. The minimum absolute atomic E-state index is 0.0476. The smallest absolute Gasteiger partial charge is 0.199 e. The van der Waals surface area contributed by atoms with Crippen LogP contribution in [0.4, 0.5) is 8.78 Å². The Morgan fingerprint density at radius 2 is 1.66 bits per heavy atom. The van der Waals surface area contributed by atoms with Crippen LogP contribution in [0.1, 0.15) is 85.0 Å². The monoisotopic (exact) mass is 414 g/mol. The molecule has 2 atom stereocenters. The lowest BCUT2D eigenvalue weighted by atomic mass is 9.76. The van der Waals surface area contributed by atoms with Gasteiger partial charge in [-0.2, -0.15) is 8.78 Å². The van der Waals surface area contributed by atoms with Gasteiger partial charge in [0.05, 0.1) is 26.4 Å². The molecule has 0 N–H and O–H groups in total. The van der Waals surface area contributed by atoms with Crippen molar-refractivity contribution in [2.45, 2.75) is 91.1 Å². The van der Waals surface area contributed by atoms with Gasteiger partial charge in [0.25, 0.3) is 0 Å². The predicted octanol–water partition coefficient (Wildman–Crippen LogP) is 7.23. The standard InChI is InChI=1S/C24H40F2O3/c1-5-7-8-18-9-12-20(13-10-18)22-14-11-19(16-29-22)15-28-21(6-2)24(26)23(25)17(3)27-4/h18-20,22H,5-16H2,1-4H3/b23-17-,24-21-. The van der Waals surface area contributed by atoms with Crippen LogP contribution in [0.3, 0.4) is 0 Å². The first-order valence-electron chi connectivity index (χ1n) is 11.5. The molecule has 168 valence electrons. The summed E-state index contributed by atoms with van der Waals surface area (Å²) in [5.41, 5.74) is 0. The quantitative estimate of drug-likeness (QED) is 0.279. The number of hydrogen-bond acceptors (Lipinski definition) is 3. The summed E-state index contributed by atoms with van der Waals surface area (Å²) < 4.78 is 44.8. The Labute approximate surface area is 175 Å². The first-order valence-corrected chi connectivity index (χ1v) is 11.5. The van der Waals surface area contributed by atoms with Gasteiger partial charge in [0.1, 0.15) is 11.5 Å². The predicted molar refractivity (Wildman–Crippen MR) is 113 cm³/mol. The zero-order valence-corrected chi connectivity index (χ0v) is 18.8. The van der Waals surface area contributed by atoms with Crippen LogP contribution in [0.5, 0.6) is 0 Å². The zero-order valence-electron chi connectivity index (χ0n) is 18.8. The summed E-state index contributed by atoms with van der Waals surface area (Å²) in [6.45, 7) is 6.44. The van der Waals surface area contributed by atoms with Crippen molar-refractivity contribution in [3.63, 3.8) is 0 Å². The largest absolute Gasteiger partial charge is 0.498 e. The van der Waals surface area contributed by atoms with Crippen molar-refractivity contribution in [1.82, 2.24) is 0 Å². The maximum absolute atomic E-state index is 14.3. The van der Waals surface area contributed by atoms with Gasteiger partial charge >= 0.3 is 0 Å². The molecule has 1 heterocycles. The van der Waals surface area contributed by atoms with Gasteiger partial charge in [0.2, 0.25) is 0 Å². The number of hydrogen-bond donors (Lipinski definition) is 0. The lowest BCUT2D eigenvalue weighted by Gasteiger charge is -2.37. The summed E-state index contributed by atoms with van der Waals surface area (Å²) in [7, 11) is 1.32. The minimum Gasteiger partial charge on any atom is -0.498 e. The van der Waals surface area contributed by atoms with E-state index in [0.29, 0.717) is 31.7 Å². The van der Waals surface area contributed by atoms with Gasteiger partial charge in [-0.25, -0.2) is 0 Å². The van der Waals surface area contributed by atoms with Crippen molar-refractivity contribution in [2.75, 3.05) is 20.3 Å². The molecule has 2 rings (SSSR count). The van der Waals surface area contributed by atoms with Gasteiger partial charge in [0, 0.05) is 12.3 Å². The van der Waals surface area contributed by atoms with Gasteiger partial charge in [-0.05, 0) is 44.4 Å². The number of allylic oxidation sites excluding steroid dienone is 4.